The summed E-state index contributed by atoms with van der Waals surface area (Å²) >= 11 is 0. The van der Waals surface area contributed by atoms with Crippen molar-refractivity contribution in [2.75, 3.05) is 7.11 Å². The molecule has 3 heteroatoms. The summed E-state index contributed by atoms with van der Waals surface area (Å²) in [6.07, 6.45) is 4.00. The normalized spacial score (nSPS) is 11.4. The second kappa shape index (κ2) is 4.60. The predicted octanol–water partition coefficient (Wildman–Crippen LogP) is 3.75. The van der Waals surface area contributed by atoms with Gasteiger partial charge in [-0.1, -0.05) is 12.1 Å². The van der Waals surface area contributed by atoms with Crippen molar-refractivity contribution in [3.63, 3.8) is 0 Å². The lowest BCUT2D eigenvalue weighted by atomic mass is 10.0. The molecule has 2 heterocycles. The number of aromatic hydroxyl groups is 1. The average molecular weight is 290 g/mol. The van der Waals surface area contributed by atoms with E-state index in [2.05, 4.69) is 31.2 Å². The summed E-state index contributed by atoms with van der Waals surface area (Å²) in [7, 11) is 1.68. The minimum atomic E-state index is 0.306. The van der Waals surface area contributed by atoms with Crippen LogP contribution >= 0.6 is 0 Å². The molecule has 108 valence electrons. The molecule has 4 rings (SSSR count). The second-order valence-electron chi connectivity index (χ2n) is 5.56. The van der Waals surface area contributed by atoms with Crippen LogP contribution in [0.1, 0.15) is 5.56 Å². The number of benzene rings is 2. The Morgan fingerprint density at radius 3 is 2.64 bits per heavy atom. The highest BCUT2D eigenvalue weighted by Gasteiger charge is 2.13. The Morgan fingerprint density at radius 1 is 0.955 bits per heavy atom. The number of hydrogen-bond donors (Lipinski definition) is 1. The van der Waals surface area contributed by atoms with Crippen molar-refractivity contribution in [2.45, 2.75) is 6.92 Å². The SMILES string of the molecule is COc1ccc2cc[n+]3cc4c(O)ccc(C)c4cc3c2c1. The van der Waals surface area contributed by atoms with Crippen LogP contribution < -0.4 is 9.14 Å². The van der Waals surface area contributed by atoms with Gasteiger partial charge < -0.3 is 9.84 Å². The molecule has 0 spiro atoms. The first-order valence-electron chi connectivity index (χ1n) is 7.21. The first-order chi connectivity index (χ1) is 10.7. The van der Waals surface area contributed by atoms with Crippen LogP contribution in [0.2, 0.25) is 0 Å². The zero-order valence-corrected chi connectivity index (χ0v) is 12.5. The summed E-state index contributed by atoms with van der Waals surface area (Å²) in [5.41, 5.74) is 2.24. The fourth-order valence-electron chi connectivity index (χ4n) is 3.01. The lowest BCUT2D eigenvalue weighted by Gasteiger charge is -2.06. The minimum Gasteiger partial charge on any atom is -0.507 e. The number of phenols is 1. The van der Waals surface area contributed by atoms with Crippen LogP contribution in [0.4, 0.5) is 0 Å². The Kier molecular flexibility index (Phi) is 2.70. The molecule has 0 aliphatic rings. The molecule has 0 fully saturated rings. The van der Waals surface area contributed by atoms with Gasteiger partial charge in [0.1, 0.15) is 11.5 Å². The smallest absolute Gasteiger partial charge is 0.219 e. The van der Waals surface area contributed by atoms with E-state index in [9.17, 15) is 5.11 Å². The summed E-state index contributed by atoms with van der Waals surface area (Å²) in [6, 6.07) is 14.0. The van der Waals surface area contributed by atoms with E-state index in [4.69, 9.17) is 4.74 Å². The quantitative estimate of drug-likeness (QED) is 0.329. The summed E-state index contributed by atoms with van der Waals surface area (Å²) in [5.74, 6) is 1.15. The van der Waals surface area contributed by atoms with Crippen LogP contribution in [-0.2, 0) is 0 Å². The monoisotopic (exact) mass is 290 g/mol. The molecule has 0 amide bonds. The third-order valence-corrected chi connectivity index (χ3v) is 4.26. The van der Waals surface area contributed by atoms with Gasteiger partial charge in [-0.2, -0.15) is 4.40 Å². The van der Waals surface area contributed by atoms with Crippen LogP contribution in [0.3, 0.4) is 0 Å². The molecular formula is C19H16NO2+. The molecule has 0 bridgehead atoms. The van der Waals surface area contributed by atoms with Crippen LogP contribution in [0.15, 0.2) is 54.9 Å². The van der Waals surface area contributed by atoms with Crippen molar-refractivity contribution in [2.24, 2.45) is 0 Å². The molecular weight excluding hydrogens is 274 g/mol. The van der Waals surface area contributed by atoms with Crippen LogP contribution in [0.5, 0.6) is 11.5 Å². The number of methoxy groups -OCH3 is 1. The standard InChI is InChI=1S/C19H15NO2/c1-12-3-6-19(21)17-11-20-8-7-13-4-5-14(22-2)9-16(13)18(20)10-15(12)17/h3-11H,1-2H3/p+1. The van der Waals surface area contributed by atoms with Crippen molar-refractivity contribution in [3.8, 4) is 11.5 Å². The first kappa shape index (κ1) is 12.9. The molecule has 2 aromatic heterocycles. The third kappa shape index (κ3) is 1.79. The molecule has 0 aliphatic heterocycles. The second-order valence-corrected chi connectivity index (χ2v) is 5.56. The highest BCUT2D eigenvalue weighted by Crippen LogP contribution is 2.29. The highest BCUT2D eigenvalue weighted by molar-refractivity contribution is 5.99. The Hall–Kier alpha value is -2.81. The Bertz CT molecular complexity index is 1040. The van der Waals surface area contributed by atoms with Gasteiger partial charge in [0.15, 0.2) is 12.4 Å². The molecule has 3 nitrogen and oxygen atoms in total. The van der Waals surface area contributed by atoms with Crippen molar-refractivity contribution in [1.29, 1.82) is 0 Å². The van der Waals surface area contributed by atoms with Gasteiger partial charge >= 0.3 is 0 Å². The van der Waals surface area contributed by atoms with E-state index in [1.54, 1.807) is 13.2 Å². The maximum Gasteiger partial charge on any atom is 0.219 e. The molecule has 4 aromatic rings. The summed E-state index contributed by atoms with van der Waals surface area (Å²) in [6.45, 7) is 2.06. The van der Waals surface area contributed by atoms with Gasteiger partial charge in [-0.05, 0) is 36.1 Å². The molecule has 1 N–H and O–H groups in total. The van der Waals surface area contributed by atoms with Gasteiger partial charge in [0, 0.05) is 17.5 Å². The number of rotatable bonds is 1. The fraction of sp³-hybridized carbons (Fsp3) is 0.105. The van der Waals surface area contributed by atoms with Crippen LogP contribution in [0, 0.1) is 6.92 Å². The van der Waals surface area contributed by atoms with Gasteiger partial charge in [0.2, 0.25) is 5.52 Å². The van der Waals surface area contributed by atoms with Crippen LogP contribution in [0.25, 0.3) is 27.1 Å². The zero-order chi connectivity index (χ0) is 15.3. The van der Waals surface area contributed by atoms with E-state index in [-0.39, 0.29) is 0 Å². The lowest BCUT2D eigenvalue weighted by molar-refractivity contribution is -0.509. The number of fused-ring (bicyclic) bond motifs is 4. The number of hydrogen-bond acceptors (Lipinski definition) is 2. The van der Waals surface area contributed by atoms with Crippen molar-refractivity contribution < 1.29 is 14.2 Å². The number of aryl methyl sites for hydroxylation is 1. The summed E-state index contributed by atoms with van der Waals surface area (Å²) in [5, 5.41) is 14.3. The number of aromatic nitrogens is 1. The largest absolute Gasteiger partial charge is 0.507 e. The summed E-state index contributed by atoms with van der Waals surface area (Å²) in [4.78, 5) is 0. The number of nitrogens with zero attached hydrogens (tertiary/aromatic N) is 1. The molecule has 2 aromatic carbocycles. The van der Waals surface area contributed by atoms with Gasteiger partial charge in [0.25, 0.3) is 0 Å². The van der Waals surface area contributed by atoms with Crippen molar-refractivity contribution >= 4 is 27.1 Å². The number of pyridine rings is 2. The predicted molar refractivity (Wildman–Crippen MR) is 87.6 cm³/mol. The molecule has 0 unspecified atom stereocenters. The Labute approximate surface area is 128 Å². The van der Waals surface area contributed by atoms with Gasteiger partial charge in [-0.25, -0.2) is 0 Å². The molecule has 0 atom stereocenters. The number of phenolic OH excluding ortho intramolecular Hbond substituents is 1. The van der Waals surface area contributed by atoms with Crippen LogP contribution in [-0.4, -0.2) is 12.2 Å². The minimum absolute atomic E-state index is 0.306. The number of ether oxygens (including phenoxy) is 1. The van der Waals surface area contributed by atoms with E-state index in [0.717, 1.165) is 38.4 Å². The van der Waals surface area contributed by atoms with Gasteiger partial charge in [0.05, 0.1) is 17.9 Å². The van der Waals surface area contributed by atoms with E-state index < -0.39 is 0 Å². The first-order valence-corrected chi connectivity index (χ1v) is 7.21. The van der Waals surface area contributed by atoms with Gasteiger partial charge in [-0.15, -0.1) is 0 Å². The summed E-state index contributed by atoms with van der Waals surface area (Å²) < 4.78 is 7.40. The maximum atomic E-state index is 10.1. The fourth-order valence-corrected chi connectivity index (χ4v) is 3.01. The van der Waals surface area contributed by atoms with E-state index in [1.807, 2.05) is 28.9 Å². The van der Waals surface area contributed by atoms with E-state index >= 15 is 0 Å². The van der Waals surface area contributed by atoms with Crippen molar-refractivity contribution in [1.82, 2.24) is 0 Å². The molecule has 0 aliphatic carbocycles. The highest BCUT2D eigenvalue weighted by atomic mass is 16.5. The zero-order valence-electron chi connectivity index (χ0n) is 12.5. The van der Waals surface area contributed by atoms with E-state index in [0.29, 0.717) is 5.75 Å². The molecule has 0 saturated carbocycles. The molecule has 22 heavy (non-hydrogen) atoms. The molecule has 0 saturated heterocycles. The Morgan fingerprint density at radius 2 is 1.82 bits per heavy atom. The van der Waals surface area contributed by atoms with Gasteiger partial charge in [-0.3, -0.25) is 0 Å². The van der Waals surface area contributed by atoms with Crippen molar-refractivity contribution in [3.05, 3.63) is 60.4 Å². The average Bonchev–Trinajstić information content (AvgIpc) is 2.56. The lowest BCUT2D eigenvalue weighted by Crippen LogP contribution is -2.20. The molecule has 0 radical (unpaired) electrons. The topological polar surface area (TPSA) is 33.6 Å². The third-order valence-electron chi connectivity index (χ3n) is 4.26. The Balaban J connectivity index is 2.21. The van der Waals surface area contributed by atoms with E-state index in [1.165, 1.54) is 0 Å². The maximum absolute atomic E-state index is 10.1.